The van der Waals surface area contributed by atoms with Crippen LogP contribution in [-0.2, 0) is 19.1 Å². The Balaban J connectivity index is 1.34. The average Bonchev–Trinajstić information content (AvgIpc) is 3.55. The standard InChI is InChI=1S/C26H29F2N7O8/c1-30-33(6-5-29)14-17-15-34(26(39)42-17)16-11-18(27)23(19(28)12-16)32-7-8-35(41-10-9-32)22(36)13-31-24(37)20-3-4-21(43-20)25(38)40-2/h3-6,11-12,17H,1,7-10,13-15,29H2,2H3,(H,31,37)/b6-5-/t17-/m0/s1. The number of carbonyl (C=O) groups excluding carboxylic acids is 4. The Labute approximate surface area is 243 Å². The number of amides is 3. The number of cyclic esters (lactones) is 1. The third-order valence-corrected chi connectivity index (χ3v) is 6.41. The van der Waals surface area contributed by atoms with Gasteiger partial charge in [0.15, 0.2) is 17.4 Å². The van der Waals surface area contributed by atoms with Gasteiger partial charge in [-0.25, -0.2) is 23.4 Å². The highest BCUT2D eigenvalue weighted by Crippen LogP contribution is 2.31. The molecule has 0 bridgehead atoms. The number of nitrogens with one attached hydrogen (secondary N) is 1. The first kappa shape index (κ1) is 30.8. The van der Waals surface area contributed by atoms with Crippen molar-refractivity contribution in [3.05, 3.63) is 59.8 Å². The summed E-state index contributed by atoms with van der Waals surface area (Å²) in [4.78, 5) is 56.7. The van der Waals surface area contributed by atoms with Crippen LogP contribution < -0.4 is 20.9 Å². The van der Waals surface area contributed by atoms with Crippen molar-refractivity contribution < 1.29 is 46.7 Å². The van der Waals surface area contributed by atoms with Crippen molar-refractivity contribution in [3.63, 3.8) is 0 Å². The summed E-state index contributed by atoms with van der Waals surface area (Å²) in [5.41, 5.74) is 4.96. The van der Waals surface area contributed by atoms with Gasteiger partial charge in [-0.05, 0) is 12.1 Å². The molecule has 0 radical (unpaired) electrons. The molecule has 1 aromatic carbocycles. The van der Waals surface area contributed by atoms with Crippen molar-refractivity contribution in [3.8, 4) is 0 Å². The first-order valence-corrected chi connectivity index (χ1v) is 12.9. The fourth-order valence-electron chi connectivity index (χ4n) is 4.38. The number of anilines is 2. The number of hydrogen-bond acceptors (Lipinski definition) is 12. The second kappa shape index (κ2) is 13.6. The van der Waals surface area contributed by atoms with Crippen LogP contribution in [0.3, 0.4) is 0 Å². The third-order valence-electron chi connectivity index (χ3n) is 6.41. The van der Waals surface area contributed by atoms with Crippen LogP contribution in [-0.4, -0.2) is 99.8 Å². The number of hydroxylamine groups is 2. The van der Waals surface area contributed by atoms with Gasteiger partial charge in [-0.1, -0.05) is 0 Å². The molecule has 2 fully saturated rings. The van der Waals surface area contributed by atoms with Crippen LogP contribution in [0.2, 0.25) is 0 Å². The number of halogens is 2. The maximum Gasteiger partial charge on any atom is 0.414 e. The topological polar surface area (TPSA) is 172 Å². The number of benzene rings is 1. The summed E-state index contributed by atoms with van der Waals surface area (Å²) >= 11 is 0. The number of nitrogens with two attached hydrogens (primary N) is 1. The van der Waals surface area contributed by atoms with Crippen LogP contribution in [0.25, 0.3) is 0 Å². The molecule has 4 rings (SSSR count). The Morgan fingerprint density at radius 3 is 2.60 bits per heavy atom. The fraction of sp³-hybridized carbons (Fsp3) is 0.346. The molecule has 0 saturated carbocycles. The molecule has 43 heavy (non-hydrogen) atoms. The number of rotatable bonds is 10. The molecular weight excluding hydrogens is 576 g/mol. The minimum atomic E-state index is -0.927. The molecule has 15 nitrogen and oxygen atoms in total. The lowest BCUT2D eigenvalue weighted by atomic mass is 10.2. The zero-order valence-corrected chi connectivity index (χ0v) is 23.0. The Morgan fingerprint density at radius 1 is 1.21 bits per heavy atom. The number of nitrogens with zero attached hydrogens (tertiary/aromatic N) is 5. The Bertz CT molecular complexity index is 1390. The summed E-state index contributed by atoms with van der Waals surface area (Å²) < 4.78 is 45.4. The van der Waals surface area contributed by atoms with E-state index in [1.807, 2.05) is 0 Å². The van der Waals surface area contributed by atoms with Crippen LogP contribution >= 0.6 is 0 Å². The molecular formula is C26H29F2N7O8. The summed E-state index contributed by atoms with van der Waals surface area (Å²) in [5.74, 6) is -4.38. The first-order chi connectivity index (χ1) is 20.6. The largest absolute Gasteiger partial charge is 0.463 e. The van der Waals surface area contributed by atoms with Crippen molar-refractivity contribution in [2.75, 3.05) is 62.8 Å². The second-order valence-corrected chi connectivity index (χ2v) is 9.13. The molecule has 2 aromatic rings. The summed E-state index contributed by atoms with van der Waals surface area (Å²) in [6, 6.07) is 4.55. The first-order valence-electron chi connectivity index (χ1n) is 12.9. The number of esters is 1. The molecule has 2 saturated heterocycles. The van der Waals surface area contributed by atoms with Crippen molar-refractivity contribution in [1.29, 1.82) is 0 Å². The lowest BCUT2D eigenvalue weighted by Crippen LogP contribution is -2.41. The monoisotopic (exact) mass is 605 g/mol. The van der Waals surface area contributed by atoms with Gasteiger partial charge >= 0.3 is 12.1 Å². The third kappa shape index (κ3) is 7.18. The zero-order chi connectivity index (χ0) is 31.1. The summed E-state index contributed by atoms with van der Waals surface area (Å²) in [5, 5.41) is 8.42. The molecule has 3 N–H and O–H groups in total. The highest BCUT2D eigenvalue weighted by Gasteiger charge is 2.35. The van der Waals surface area contributed by atoms with Crippen LogP contribution in [0.15, 0.2) is 46.2 Å². The van der Waals surface area contributed by atoms with E-state index in [1.165, 1.54) is 34.4 Å². The predicted molar refractivity (Wildman–Crippen MR) is 146 cm³/mol. The SMILES string of the molecule is C=NN(/C=C\N)C[C@H]1CN(c2cc(F)c(N3CCON(C(=O)CNC(=O)c4ccc(C(=O)OC)o4)CC3)c(F)c2)C(=O)O1. The van der Waals surface area contributed by atoms with Crippen LogP contribution in [0.5, 0.6) is 0 Å². The van der Waals surface area contributed by atoms with Crippen LogP contribution in [0.1, 0.15) is 21.1 Å². The molecule has 17 heteroatoms. The number of hydrogen-bond donors (Lipinski definition) is 2. The lowest BCUT2D eigenvalue weighted by molar-refractivity contribution is -0.180. The maximum absolute atomic E-state index is 15.3. The zero-order valence-electron chi connectivity index (χ0n) is 23.0. The molecule has 2 aliphatic heterocycles. The lowest BCUT2D eigenvalue weighted by Gasteiger charge is -2.24. The summed E-state index contributed by atoms with van der Waals surface area (Å²) in [6.45, 7) is 2.95. The number of ether oxygens (including phenoxy) is 2. The fourth-order valence-corrected chi connectivity index (χ4v) is 4.38. The van der Waals surface area contributed by atoms with E-state index in [-0.39, 0.29) is 62.2 Å². The van der Waals surface area contributed by atoms with Crippen molar-refractivity contribution in [1.82, 2.24) is 15.4 Å². The van der Waals surface area contributed by atoms with E-state index >= 15 is 8.78 Å². The minimum absolute atomic E-state index is 0.000422. The molecule has 1 aromatic heterocycles. The quantitative estimate of drug-likeness (QED) is 0.225. The van der Waals surface area contributed by atoms with E-state index in [0.29, 0.717) is 0 Å². The van der Waals surface area contributed by atoms with Crippen LogP contribution in [0.4, 0.5) is 25.0 Å². The number of methoxy groups -OCH3 is 1. The van der Waals surface area contributed by atoms with Crippen molar-refractivity contribution in [2.24, 2.45) is 10.8 Å². The summed E-state index contributed by atoms with van der Waals surface area (Å²) in [7, 11) is 1.16. The maximum atomic E-state index is 15.3. The smallest absolute Gasteiger partial charge is 0.414 e. The Morgan fingerprint density at radius 2 is 1.93 bits per heavy atom. The summed E-state index contributed by atoms with van der Waals surface area (Å²) in [6.07, 6.45) is 1.22. The van der Waals surface area contributed by atoms with E-state index in [4.69, 9.17) is 19.7 Å². The highest BCUT2D eigenvalue weighted by atomic mass is 19.1. The number of carbonyl (C=O) groups is 4. The van der Waals surface area contributed by atoms with Crippen molar-refractivity contribution >= 4 is 42.0 Å². The average molecular weight is 606 g/mol. The van der Waals surface area contributed by atoms with Crippen LogP contribution in [0, 0.1) is 11.6 Å². The molecule has 1 atom stereocenters. The molecule has 0 unspecified atom stereocenters. The van der Waals surface area contributed by atoms with Gasteiger partial charge in [0.2, 0.25) is 5.76 Å². The van der Waals surface area contributed by atoms with E-state index < -0.39 is 48.2 Å². The van der Waals surface area contributed by atoms with E-state index in [0.717, 1.165) is 29.2 Å². The molecule has 3 heterocycles. The van der Waals surface area contributed by atoms with Gasteiger partial charge in [-0.15, -0.1) is 0 Å². The minimum Gasteiger partial charge on any atom is -0.463 e. The van der Waals surface area contributed by atoms with Gasteiger partial charge in [0.1, 0.15) is 11.8 Å². The number of hydrazone groups is 1. The van der Waals surface area contributed by atoms with Gasteiger partial charge < -0.3 is 29.8 Å². The van der Waals surface area contributed by atoms with Gasteiger partial charge in [-0.3, -0.25) is 24.3 Å². The van der Waals surface area contributed by atoms with E-state index in [2.05, 4.69) is 21.9 Å². The van der Waals surface area contributed by atoms with Gasteiger partial charge in [0, 0.05) is 44.3 Å². The van der Waals surface area contributed by atoms with Gasteiger partial charge in [-0.2, -0.15) is 5.10 Å². The molecule has 2 aliphatic rings. The molecule has 3 amide bonds. The molecule has 0 spiro atoms. The molecule has 0 aliphatic carbocycles. The van der Waals surface area contributed by atoms with Gasteiger partial charge in [0.25, 0.3) is 11.8 Å². The second-order valence-electron chi connectivity index (χ2n) is 9.13. The predicted octanol–water partition coefficient (Wildman–Crippen LogP) is 1.03. The van der Waals surface area contributed by atoms with Gasteiger partial charge in [0.05, 0.1) is 45.6 Å². The molecule has 230 valence electrons. The van der Waals surface area contributed by atoms with Crippen molar-refractivity contribution in [2.45, 2.75) is 6.10 Å². The Kier molecular flexibility index (Phi) is 9.76. The number of furan rings is 1. The Hall–Kier alpha value is -5.19. The normalized spacial score (nSPS) is 17.0. The highest BCUT2D eigenvalue weighted by molar-refractivity contribution is 5.95. The van der Waals surface area contributed by atoms with E-state index in [1.54, 1.807) is 0 Å². The van der Waals surface area contributed by atoms with E-state index in [9.17, 15) is 19.2 Å².